The van der Waals surface area contributed by atoms with Crippen molar-refractivity contribution in [2.45, 2.75) is 13.0 Å². The molecule has 0 aliphatic carbocycles. The van der Waals surface area contributed by atoms with Crippen LogP contribution in [-0.4, -0.2) is 53.7 Å². The topological polar surface area (TPSA) is 80.5 Å². The lowest BCUT2D eigenvalue weighted by molar-refractivity contribution is -0.380. The number of thiazole rings is 1. The average molecular weight is 272 g/mol. The van der Waals surface area contributed by atoms with E-state index in [2.05, 4.69) is 15.2 Å². The van der Waals surface area contributed by atoms with Crippen LogP contribution in [0.5, 0.6) is 0 Å². The summed E-state index contributed by atoms with van der Waals surface area (Å²) in [6, 6.07) is 0.203. The molecule has 18 heavy (non-hydrogen) atoms. The lowest BCUT2D eigenvalue weighted by Gasteiger charge is -2.29. The van der Waals surface area contributed by atoms with Crippen LogP contribution in [0.2, 0.25) is 0 Å². The van der Waals surface area contributed by atoms with E-state index >= 15 is 0 Å². The molecular weight excluding hydrogens is 256 g/mol. The van der Waals surface area contributed by atoms with Crippen molar-refractivity contribution >= 4 is 21.5 Å². The summed E-state index contributed by atoms with van der Waals surface area (Å²) < 4.78 is 5.28. The van der Waals surface area contributed by atoms with Gasteiger partial charge in [-0.25, -0.2) is 4.98 Å². The summed E-state index contributed by atoms with van der Waals surface area (Å²) in [4.78, 5) is 16.4. The monoisotopic (exact) mass is 272 g/mol. The molecule has 1 aromatic heterocycles. The highest BCUT2D eigenvalue weighted by Crippen LogP contribution is 2.25. The smallest absolute Gasteiger partial charge is 0.345 e. The van der Waals surface area contributed by atoms with Gasteiger partial charge in [-0.05, 0) is 18.3 Å². The van der Waals surface area contributed by atoms with Gasteiger partial charge < -0.3 is 10.1 Å². The second kappa shape index (κ2) is 6.07. The molecule has 7 nitrogen and oxygen atoms in total. The summed E-state index contributed by atoms with van der Waals surface area (Å²) >= 11 is 1.07. The van der Waals surface area contributed by atoms with Gasteiger partial charge in [0.05, 0.1) is 18.1 Å². The fourth-order valence-corrected chi connectivity index (χ4v) is 2.59. The van der Waals surface area contributed by atoms with Crippen LogP contribution in [0.4, 0.5) is 10.1 Å². The zero-order valence-electron chi connectivity index (χ0n) is 10.2. The summed E-state index contributed by atoms with van der Waals surface area (Å²) in [6.07, 6.45) is 1.29. The standard InChI is InChI=1S/C10H16N4O3S/c1-8(7-13-2-4-17-5-3-13)12-10-11-6-9(18-10)14(15)16/h6,8H,2-5,7H2,1H3,(H,11,12). The Labute approximate surface area is 109 Å². The molecule has 0 radical (unpaired) electrons. The number of ether oxygens (including phenoxy) is 1. The predicted octanol–water partition coefficient (Wildman–Crippen LogP) is 1.18. The molecule has 2 heterocycles. The molecule has 1 aliphatic rings. The van der Waals surface area contributed by atoms with Gasteiger partial charge in [0.15, 0.2) is 5.13 Å². The second-order valence-corrected chi connectivity index (χ2v) is 5.23. The molecule has 1 atom stereocenters. The van der Waals surface area contributed by atoms with Crippen LogP contribution in [0, 0.1) is 10.1 Å². The molecule has 1 saturated heterocycles. The SMILES string of the molecule is CC(CN1CCOCC1)Nc1ncc([N+](=O)[O-])s1. The number of rotatable bonds is 5. The van der Waals surface area contributed by atoms with Crippen LogP contribution in [-0.2, 0) is 4.74 Å². The van der Waals surface area contributed by atoms with E-state index in [0.29, 0.717) is 5.13 Å². The molecule has 2 rings (SSSR count). The number of nitrogens with one attached hydrogen (secondary N) is 1. The number of hydrogen-bond acceptors (Lipinski definition) is 7. The van der Waals surface area contributed by atoms with Crippen LogP contribution in [0.25, 0.3) is 0 Å². The van der Waals surface area contributed by atoms with Gasteiger partial charge in [0.1, 0.15) is 6.20 Å². The summed E-state index contributed by atoms with van der Waals surface area (Å²) in [5, 5.41) is 14.4. The Balaban J connectivity index is 1.82. The van der Waals surface area contributed by atoms with Gasteiger partial charge in [-0.15, -0.1) is 0 Å². The van der Waals surface area contributed by atoms with E-state index < -0.39 is 4.92 Å². The molecule has 0 saturated carbocycles. The lowest BCUT2D eigenvalue weighted by atomic mass is 10.3. The first-order chi connectivity index (χ1) is 8.65. The van der Waals surface area contributed by atoms with E-state index in [1.54, 1.807) is 0 Å². The van der Waals surface area contributed by atoms with Crippen molar-refractivity contribution in [3.8, 4) is 0 Å². The van der Waals surface area contributed by atoms with Crippen molar-refractivity contribution < 1.29 is 9.66 Å². The Morgan fingerprint density at radius 2 is 2.39 bits per heavy atom. The van der Waals surface area contributed by atoms with Crippen molar-refractivity contribution in [1.29, 1.82) is 0 Å². The minimum atomic E-state index is -0.421. The zero-order chi connectivity index (χ0) is 13.0. The fourth-order valence-electron chi connectivity index (χ4n) is 1.84. The Kier molecular flexibility index (Phi) is 4.45. The van der Waals surface area contributed by atoms with Gasteiger partial charge in [-0.3, -0.25) is 15.0 Å². The van der Waals surface area contributed by atoms with Gasteiger partial charge in [0.2, 0.25) is 0 Å². The number of hydrogen-bond donors (Lipinski definition) is 1. The van der Waals surface area contributed by atoms with E-state index in [1.165, 1.54) is 6.20 Å². The average Bonchev–Trinajstić information content (AvgIpc) is 2.78. The van der Waals surface area contributed by atoms with Crippen LogP contribution in [0.15, 0.2) is 6.20 Å². The lowest BCUT2D eigenvalue weighted by Crippen LogP contribution is -2.42. The number of aromatic nitrogens is 1. The van der Waals surface area contributed by atoms with Gasteiger partial charge in [-0.1, -0.05) is 0 Å². The number of nitrogens with zero attached hydrogens (tertiary/aromatic N) is 3. The van der Waals surface area contributed by atoms with Gasteiger partial charge in [0, 0.05) is 25.7 Å². The minimum Gasteiger partial charge on any atom is -0.379 e. The fraction of sp³-hybridized carbons (Fsp3) is 0.700. The molecule has 1 aliphatic heterocycles. The molecule has 1 aromatic rings. The summed E-state index contributed by atoms with van der Waals surface area (Å²) in [5.74, 6) is 0. The van der Waals surface area contributed by atoms with Crippen molar-refractivity contribution in [2.24, 2.45) is 0 Å². The van der Waals surface area contributed by atoms with Gasteiger partial charge in [-0.2, -0.15) is 0 Å². The number of nitro groups is 1. The van der Waals surface area contributed by atoms with Crippen molar-refractivity contribution in [2.75, 3.05) is 38.2 Å². The number of morpholine rings is 1. The van der Waals surface area contributed by atoms with Crippen LogP contribution in [0.1, 0.15) is 6.92 Å². The summed E-state index contributed by atoms with van der Waals surface area (Å²) in [7, 11) is 0. The highest BCUT2D eigenvalue weighted by molar-refractivity contribution is 7.18. The normalized spacial score (nSPS) is 18.5. The molecule has 0 amide bonds. The maximum Gasteiger partial charge on any atom is 0.345 e. The van der Waals surface area contributed by atoms with E-state index in [0.717, 1.165) is 44.2 Å². The molecule has 0 bridgehead atoms. The van der Waals surface area contributed by atoms with Gasteiger partial charge >= 0.3 is 5.00 Å². The Morgan fingerprint density at radius 3 is 3.00 bits per heavy atom. The van der Waals surface area contributed by atoms with Crippen LogP contribution >= 0.6 is 11.3 Å². The molecule has 0 aromatic carbocycles. The number of anilines is 1. The molecule has 1 unspecified atom stereocenters. The zero-order valence-corrected chi connectivity index (χ0v) is 11.0. The molecule has 0 spiro atoms. The molecular formula is C10H16N4O3S. The van der Waals surface area contributed by atoms with Crippen LogP contribution < -0.4 is 5.32 Å². The van der Waals surface area contributed by atoms with E-state index in [9.17, 15) is 10.1 Å². The van der Waals surface area contributed by atoms with E-state index in [4.69, 9.17) is 4.74 Å². The Hall–Kier alpha value is -1.25. The first-order valence-corrected chi connectivity index (χ1v) is 6.63. The molecule has 100 valence electrons. The maximum atomic E-state index is 10.5. The quantitative estimate of drug-likeness (QED) is 0.640. The van der Waals surface area contributed by atoms with E-state index in [1.807, 2.05) is 6.92 Å². The van der Waals surface area contributed by atoms with Crippen molar-refractivity contribution in [3.63, 3.8) is 0 Å². The van der Waals surface area contributed by atoms with Crippen molar-refractivity contribution in [1.82, 2.24) is 9.88 Å². The first kappa shape index (κ1) is 13.2. The van der Waals surface area contributed by atoms with Crippen LogP contribution in [0.3, 0.4) is 0 Å². The highest BCUT2D eigenvalue weighted by Gasteiger charge is 2.16. The third-order valence-corrected chi connectivity index (χ3v) is 3.56. The summed E-state index contributed by atoms with van der Waals surface area (Å²) in [6.45, 7) is 6.35. The van der Waals surface area contributed by atoms with E-state index in [-0.39, 0.29) is 11.0 Å². The second-order valence-electron chi connectivity index (χ2n) is 4.22. The van der Waals surface area contributed by atoms with Gasteiger partial charge in [0.25, 0.3) is 0 Å². The molecule has 1 fully saturated rings. The third-order valence-electron chi connectivity index (χ3n) is 2.68. The van der Waals surface area contributed by atoms with Crippen molar-refractivity contribution in [3.05, 3.63) is 16.3 Å². The third kappa shape index (κ3) is 3.62. The Bertz CT molecular complexity index is 406. The highest BCUT2D eigenvalue weighted by atomic mass is 32.1. The molecule has 8 heteroatoms. The maximum absolute atomic E-state index is 10.5. The largest absolute Gasteiger partial charge is 0.379 e. The molecule has 1 N–H and O–H groups in total. The first-order valence-electron chi connectivity index (χ1n) is 5.82. The summed E-state index contributed by atoms with van der Waals surface area (Å²) in [5.41, 5.74) is 0. The predicted molar refractivity (Wildman–Crippen MR) is 69.1 cm³/mol. The minimum absolute atomic E-state index is 0.0658. The Morgan fingerprint density at radius 1 is 1.67 bits per heavy atom.